The summed E-state index contributed by atoms with van der Waals surface area (Å²) in [6, 6.07) is -0.704. The van der Waals surface area contributed by atoms with Crippen molar-refractivity contribution in [3.05, 3.63) is 24.3 Å². The lowest BCUT2D eigenvalue weighted by Crippen LogP contribution is -2.46. The standard InChI is InChI=1S/C51H97NO5/c1-4-7-10-13-16-19-22-24-26-28-30-33-36-39-42-47(57-51(56)44-41-38-35-32-29-27-25-23-20-17-14-11-8-5-2)45-50(55)52-48(46-53)49(54)43-40-37-34-31-21-18-15-12-9-6-3/h26-29,47-49,53-54H,4-25,30-46H2,1-3H3,(H,52,55)/b28-26+,29-27-. The normalized spacial score (nSPS) is 13.4. The first-order valence-electron chi connectivity index (χ1n) is 25.1. The van der Waals surface area contributed by atoms with Crippen molar-refractivity contribution in [2.45, 2.75) is 283 Å². The van der Waals surface area contributed by atoms with Crippen LogP contribution in [0.3, 0.4) is 0 Å². The van der Waals surface area contributed by atoms with E-state index in [1.165, 1.54) is 148 Å². The highest BCUT2D eigenvalue weighted by Crippen LogP contribution is 2.17. The molecule has 6 heteroatoms. The van der Waals surface area contributed by atoms with Crippen LogP contribution in [-0.2, 0) is 14.3 Å². The molecule has 0 rings (SSSR count). The molecule has 57 heavy (non-hydrogen) atoms. The number of unbranched alkanes of at least 4 members (excludes halogenated alkanes) is 29. The van der Waals surface area contributed by atoms with Gasteiger partial charge in [0.1, 0.15) is 6.10 Å². The average Bonchev–Trinajstić information content (AvgIpc) is 3.20. The number of allylic oxidation sites excluding steroid dienone is 4. The molecule has 0 aromatic carbocycles. The van der Waals surface area contributed by atoms with Gasteiger partial charge < -0.3 is 20.3 Å². The molecule has 0 heterocycles. The molecule has 0 saturated heterocycles. The molecule has 3 atom stereocenters. The van der Waals surface area contributed by atoms with E-state index in [0.717, 1.165) is 70.6 Å². The highest BCUT2D eigenvalue weighted by molar-refractivity contribution is 5.77. The number of nitrogens with one attached hydrogen (secondary N) is 1. The minimum Gasteiger partial charge on any atom is -0.462 e. The number of rotatable bonds is 45. The smallest absolute Gasteiger partial charge is 0.306 e. The number of esters is 1. The third-order valence-corrected chi connectivity index (χ3v) is 11.5. The van der Waals surface area contributed by atoms with Crippen LogP contribution in [0.5, 0.6) is 0 Å². The summed E-state index contributed by atoms with van der Waals surface area (Å²) in [6.07, 6.45) is 50.9. The van der Waals surface area contributed by atoms with Gasteiger partial charge in [-0.1, -0.05) is 199 Å². The van der Waals surface area contributed by atoms with Gasteiger partial charge in [0.05, 0.1) is 25.2 Å². The van der Waals surface area contributed by atoms with E-state index in [0.29, 0.717) is 19.3 Å². The Labute approximate surface area is 354 Å². The summed E-state index contributed by atoms with van der Waals surface area (Å²) in [6.45, 7) is 6.46. The molecule has 3 N–H and O–H groups in total. The molecule has 0 fully saturated rings. The summed E-state index contributed by atoms with van der Waals surface area (Å²) < 4.78 is 5.91. The molecule has 0 radical (unpaired) electrons. The minimum atomic E-state index is -0.789. The molecule has 0 saturated carbocycles. The number of ether oxygens (including phenoxy) is 1. The lowest BCUT2D eigenvalue weighted by atomic mass is 10.0. The van der Waals surface area contributed by atoms with Crippen LogP contribution in [0.15, 0.2) is 24.3 Å². The lowest BCUT2D eigenvalue weighted by Gasteiger charge is -2.24. The van der Waals surface area contributed by atoms with Gasteiger partial charge in [-0.25, -0.2) is 0 Å². The number of aliphatic hydroxyl groups excluding tert-OH is 2. The fraction of sp³-hybridized carbons (Fsp3) is 0.882. The number of carbonyl (C=O) groups is 2. The molecular formula is C51H97NO5. The van der Waals surface area contributed by atoms with Gasteiger partial charge in [-0.15, -0.1) is 0 Å². The average molecular weight is 804 g/mol. The third kappa shape index (κ3) is 40.9. The Morgan fingerprint density at radius 1 is 0.491 bits per heavy atom. The van der Waals surface area contributed by atoms with Gasteiger partial charge in [0.2, 0.25) is 5.91 Å². The van der Waals surface area contributed by atoms with Crippen molar-refractivity contribution in [3.63, 3.8) is 0 Å². The van der Waals surface area contributed by atoms with Crippen LogP contribution in [0.2, 0.25) is 0 Å². The van der Waals surface area contributed by atoms with Gasteiger partial charge in [-0.3, -0.25) is 9.59 Å². The predicted octanol–water partition coefficient (Wildman–Crippen LogP) is 14.7. The molecule has 0 spiro atoms. The Bertz CT molecular complexity index is 904. The van der Waals surface area contributed by atoms with Crippen molar-refractivity contribution in [1.29, 1.82) is 0 Å². The molecule has 3 unspecified atom stereocenters. The molecule has 0 bridgehead atoms. The third-order valence-electron chi connectivity index (χ3n) is 11.5. The second kappa shape index (κ2) is 45.4. The summed E-state index contributed by atoms with van der Waals surface area (Å²) in [5.74, 6) is -0.499. The zero-order chi connectivity index (χ0) is 41.7. The SMILES string of the molecule is CCCCCCCCC/C=C\CCCCCC(=O)OC(CCCCC/C=C/CCCCCCCCC)CC(=O)NC(CO)C(O)CCCCCCCCCCCC. The van der Waals surface area contributed by atoms with Gasteiger partial charge in [-0.2, -0.15) is 0 Å². The number of hydrogen-bond donors (Lipinski definition) is 3. The number of carbonyl (C=O) groups excluding carboxylic acids is 2. The summed E-state index contributed by atoms with van der Waals surface area (Å²) in [5.41, 5.74) is 0. The molecule has 0 aromatic heterocycles. The van der Waals surface area contributed by atoms with Gasteiger partial charge in [0.15, 0.2) is 0 Å². The van der Waals surface area contributed by atoms with Crippen LogP contribution in [0.4, 0.5) is 0 Å². The van der Waals surface area contributed by atoms with E-state index >= 15 is 0 Å². The van der Waals surface area contributed by atoms with Crippen molar-refractivity contribution >= 4 is 11.9 Å². The first-order valence-corrected chi connectivity index (χ1v) is 25.1. The Morgan fingerprint density at radius 2 is 0.842 bits per heavy atom. The summed E-state index contributed by atoms with van der Waals surface area (Å²) in [4.78, 5) is 26.1. The van der Waals surface area contributed by atoms with E-state index < -0.39 is 18.2 Å². The van der Waals surface area contributed by atoms with Crippen LogP contribution in [0, 0.1) is 0 Å². The van der Waals surface area contributed by atoms with E-state index in [9.17, 15) is 19.8 Å². The Hall–Kier alpha value is -1.66. The van der Waals surface area contributed by atoms with Crippen molar-refractivity contribution < 1.29 is 24.5 Å². The van der Waals surface area contributed by atoms with Crippen LogP contribution in [-0.4, -0.2) is 46.9 Å². The minimum absolute atomic E-state index is 0.0646. The quantitative estimate of drug-likeness (QED) is 0.0324. The topological polar surface area (TPSA) is 95.9 Å². The van der Waals surface area contributed by atoms with E-state index in [4.69, 9.17) is 4.74 Å². The Balaban J connectivity index is 4.62. The van der Waals surface area contributed by atoms with Crippen molar-refractivity contribution in [2.75, 3.05) is 6.61 Å². The maximum atomic E-state index is 13.2. The first kappa shape index (κ1) is 55.3. The van der Waals surface area contributed by atoms with Crippen LogP contribution < -0.4 is 5.32 Å². The van der Waals surface area contributed by atoms with Crippen LogP contribution in [0.25, 0.3) is 0 Å². The van der Waals surface area contributed by atoms with E-state index in [1.54, 1.807) is 0 Å². The van der Waals surface area contributed by atoms with E-state index in [-0.39, 0.29) is 24.9 Å². The van der Waals surface area contributed by atoms with Crippen molar-refractivity contribution in [2.24, 2.45) is 0 Å². The van der Waals surface area contributed by atoms with Gasteiger partial charge in [-0.05, 0) is 77.0 Å². The molecule has 336 valence electrons. The van der Waals surface area contributed by atoms with Gasteiger partial charge >= 0.3 is 5.97 Å². The highest BCUT2D eigenvalue weighted by atomic mass is 16.5. The van der Waals surface area contributed by atoms with Gasteiger partial charge in [0, 0.05) is 6.42 Å². The number of hydrogen-bond acceptors (Lipinski definition) is 5. The molecule has 0 aliphatic carbocycles. The van der Waals surface area contributed by atoms with E-state index in [1.807, 2.05) is 0 Å². The second-order valence-electron chi connectivity index (χ2n) is 17.2. The first-order chi connectivity index (χ1) is 28.0. The molecular weight excluding hydrogens is 707 g/mol. The van der Waals surface area contributed by atoms with Gasteiger partial charge in [0.25, 0.3) is 0 Å². The molecule has 0 aromatic rings. The summed E-state index contributed by atoms with van der Waals surface area (Å²) in [5, 5.41) is 23.7. The molecule has 6 nitrogen and oxygen atoms in total. The Kier molecular flexibility index (Phi) is 44.1. The summed E-state index contributed by atoms with van der Waals surface area (Å²) >= 11 is 0. The second-order valence-corrected chi connectivity index (χ2v) is 17.2. The molecule has 1 amide bonds. The van der Waals surface area contributed by atoms with Crippen molar-refractivity contribution in [1.82, 2.24) is 5.32 Å². The highest BCUT2D eigenvalue weighted by Gasteiger charge is 2.24. The molecule has 0 aliphatic rings. The van der Waals surface area contributed by atoms with Crippen LogP contribution in [0.1, 0.15) is 265 Å². The number of amides is 1. The van der Waals surface area contributed by atoms with Crippen molar-refractivity contribution in [3.8, 4) is 0 Å². The van der Waals surface area contributed by atoms with E-state index in [2.05, 4.69) is 50.4 Å². The summed E-state index contributed by atoms with van der Waals surface area (Å²) in [7, 11) is 0. The van der Waals surface area contributed by atoms with Crippen LogP contribution >= 0.6 is 0 Å². The Morgan fingerprint density at radius 3 is 1.26 bits per heavy atom. The fourth-order valence-electron chi connectivity index (χ4n) is 7.65. The largest absolute Gasteiger partial charge is 0.462 e. The molecule has 0 aliphatic heterocycles. The number of aliphatic hydroxyl groups is 2. The predicted molar refractivity (Wildman–Crippen MR) is 246 cm³/mol. The monoisotopic (exact) mass is 804 g/mol. The maximum absolute atomic E-state index is 13.2. The fourth-order valence-corrected chi connectivity index (χ4v) is 7.65. The zero-order valence-electron chi connectivity index (χ0n) is 38.2. The maximum Gasteiger partial charge on any atom is 0.306 e. The zero-order valence-corrected chi connectivity index (χ0v) is 38.2. The lowest BCUT2D eigenvalue weighted by molar-refractivity contribution is -0.151.